The van der Waals surface area contributed by atoms with E-state index in [-0.39, 0.29) is 12.8 Å². The van der Waals surface area contributed by atoms with Crippen LogP contribution in [0.3, 0.4) is 0 Å². The molecule has 0 aliphatic heterocycles. The minimum Gasteiger partial charge on any atom is -0.778 e. The van der Waals surface area contributed by atoms with Crippen molar-refractivity contribution in [1.29, 1.82) is 0 Å². The molecular weight excluding hydrogens is 353 g/mol. The molecule has 0 bridgehead atoms. The third-order valence-corrected chi connectivity index (χ3v) is 5.56. The molecule has 0 saturated carbocycles. The lowest BCUT2D eigenvalue weighted by Gasteiger charge is -2.27. The highest BCUT2D eigenvalue weighted by molar-refractivity contribution is 7.51. The number of benzene rings is 1. The number of aromatic nitrogens is 2. The Balaban J connectivity index is 1.82. The lowest BCUT2D eigenvalue weighted by Crippen LogP contribution is -2.37. The SMILES string of the molecule is CCn1c(C)nc2ccc(OCCCP(=O)([O-])OCC[N+](C)(C)C)cc21. The highest BCUT2D eigenvalue weighted by Crippen LogP contribution is 2.37. The van der Waals surface area contributed by atoms with Crippen molar-refractivity contribution in [3.05, 3.63) is 24.0 Å². The van der Waals surface area contributed by atoms with Gasteiger partial charge in [-0.2, -0.15) is 0 Å². The molecule has 0 aliphatic rings. The second-order valence-corrected chi connectivity index (χ2v) is 9.36. The van der Waals surface area contributed by atoms with Crippen LogP contribution in [0.1, 0.15) is 19.2 Å². The summed E-state index contributed by atoms with van der Waals surface area (Å²) in [6.45, 7) is 6.08. The van der Waals surface area contributed by atoms with Crippen molar-refractivity contribution in [2.75, 3.05) is 47.1 Å². The molecule has 0 amide bonds. The van der Waals surface area contributed by atoms with E-state index in [1.807, 2.05) is 46.3 Å². The van der Waals surface area contributed by atoms with Crippen molar-refractivity contribution in [1.82, 2.24) is 9.55 Å². The van der Waals surface area contributed by atoms with E-state index < -0.39 is 7.60 Å². The van der Waals surface area contributed by atoms with Crippen molar-refractivity contribution in [3.63, 3.8) is 0 Å². The molecule has 7 nitrogen and oxygen atoms in total. The molecule has 0 fully saturated rings. The summed E-state index contributed by atoms with van der Waals surface area (Å²) in [5.41, 5.74) is 1.96. The van der Waals surface area contributed by atoms with Gasteiger partial charge in [-0.25, -0.2) is 4.98 Å². The van der Waals surface area contributed by atoms with Gasteiger partial charge in [0.2, 0.25) is 0 Å². The Morgan fingerprint density at radius 1 is 1.27 bits per heavy atom. The van der Waals surface area contributed by atoms with Gasteiger partial charge in [0.05, 0.1) is 38.8 Å². The van der Waals surface area contributed by atoms with Crippen LogP contribution in [0.25, 0.3) is 11.0 Å². The zero-order valence-electron chi connectivity index (χ0n) is 16.4. The summed E-state index contributed by atoms with van der Waals surface area (Å²) in [6, 6.07) is 5.74. The molecule has 1 unspecified atom stereocenters. The highest BCUT2D eigenvalue weighted by atomic mass is 31.2. The molecule has 2 aromatic rings. The summed E-state index contributed by atoms with van der Waals surface area (Å²) in [5.74, 6) is 1.69. The summed E-state index contributed by atoms with van der Waals surface area (Å²) < 4.78 is 25.5. The van der Waals surface area contributed by atoms with Gasteiger partial charge >= 0.3 is 0 Å². The van der Waals surface area contributed by atoms with E-state index in [0.29, 0.717) is 24.1 Å². The van der Waals surface area contributed by atoms with Crippen molar-refractivity contribution >= 4 is 18.6 Å². The van der Waals surface area contributed by atoms with Crippen LogP contribution in [0.2, 0.25) is 0 Å². The monoisotopic (exact) mass is 383 g/mol. The number of quaternary nitrogens is 1. The average molecular weight is 383 g/mol. The molecule has 8 heteroatoms. The highest BCUT2D eigenvalue weighted by Gasteiger charge is 2.13. The van der Waals surface area contributed by atoms with Crippen LogP contribution in [-0.4, -0.2) is 61.1 Å². The Kier molecular flexibility index (Phi) is 6.86. The Labute approximate surface area is 155 Å². The molecule has 1 atom stereocenters. The zero-order valence-corrected chi connectivity index (χ0v) is 17.3. The molecule has 26 heavy (non-hydrogen) atoms. The minimum absolute atomic E-state index is 0.0155. The lowest BCUT2D eigenvalue weighted by molar-refractivity contribution is -0.870. The van der Waals surface area contributed by atoms with E-state index in [4.69, 9.17) is 9.26 Å². The first-order chi connectivity index (χ1) is 12.1. The van der Waals surface area contributed by atoms with E-state index in [9.17, 15) is 9.46 Å². The number of nitrogens with zero attached hydrogens (tertiary/aromatic N) is 3. The molecule has 0 saturated heterocycles. The summed E-state index contributed by atoms with van der Waals surface area (Å²) in [7, 11) is 2.18. The van der Waals surface area contributed by atoms with Gasteiger partial charge in [-0.1, -0.05) is 0 Å². The van der Waals surface area contributed by atoms with Gasteiger partial charge in [0, 0.05) is 18.8 Å². The van der Waals surface area contributed by atoms with Gasteiger partial charge in [0.25, 0.3) is 0 Å². The zero-order chi connectivity index (χ0) is 19.4. The topological polar surface area (TPSA) is 76.4 Å². The maximum atomic E-state index is 11.9. The molecule has 2 rings (SSSR count). The first kappa shape index (κ1) is 20.9. The Morgan fingerprint density at radius 3 is 2.65 bits per heavy atom. The first-order valence-corrected chi connectivity index (χ1v) is 10.7. The number of fused-ring (bicyclic) bond motifs is 1. The fourth-order valence-corrected chi connectivity index (χ4v) is 3.68. The van der Waals surface area contributed by atoms with Crippen molar-refractivity contribution < 1.29 is 23.2 Å². The van der Waals surface area contributed by atoms with Gasteiger partial charge in [-0.05, 0) is 32.4 Å². The third kappa shape index (κ3) is 6.09. The summed E-state index contributed by atoms with van der Waals surface area (Å²) in [6.07, 6.45) is 0.383. The van der Waals surface area contributed by atoms with E-state index >= 15 is 0 Å². The van der Waals surface area contributed by atoms with Gasteiger partial charge < -0.3 is 27.8 Å². The fourth-order valence-electron chi connectivity index (χ4n) is 2.68. The molecule has 1 heterocycles. The third-order valence-electron chi connectivity index (χ3n) is 4.12. The molecule has 146 valence electrons. The largest absolute Gasteiger partial charge is 0.778 e. The maximum Gasteiger partial charge on any atom is 0.135 e. The van der Waals surface area contributed by atoms with Gasteiger partial charge in [-0.15, -0.1) is 0 Å². The number of hydrogen-bond donors (Lipinski definition) is 0. The van der Waals surface area contributed by atoms with Crippen LogP contribution in [0.5, 0.6) is 5.75 Å². The normalized spacial score (nSPS) is 14.5. The standard InChI is InChI=1S/C18H30N3O4P/c1-6-20-15(2)19-17-9-8-16(14-18(17)20)24-11-7-13-26(22,23)25-12-10-21(3,4)5/h8-9,14H,6-7,10-13H2,1-5H3. The van der Waals surface area contributed by atoms with E-state index in [1.165, 1.54) is 0 Å². The second kappa shape index (κ2) is 8.53. The smallest absolute Gasteiger partial charge is 0.135 e. The lowest BCUT2D eigenvalue weighted by atomic mass is 10.3. The number of rotatable bonds is 10. The van der Waals surface area contributed by atoms with Gasteiger partial charge in [0.1, 0.15) is 32.3 Å². The van der Waals surface area contributed by atoms with Crippen LogP contribution in [-0.2, 0) is 15.6 Å². The Morgan fingerprint density at radius 2 is 2.00 bits per heavy atom. The van der Waals surface area contributed by atoms with Crippen LogP contribution in [0.15, 0.2) is 18.2 Å². The number of likely N-dealkylation sites (N-methyl/N-ethyl adjacent to an activating group) is 1. The van der Waals surface area contributed by atoms with Crippen molar-refractivity contribution in [2.45, 2.75) is 26.8 Å². The van der Waals surface area contributed by atoms with Crippen LogP contribution in [0, 0.1) is 6.92 Å². The summed E-state index contributed by atoms with van der Waals surface area (Å²) >= 11 is 0. The average Bonchev–Trinajstić information content (AvgIpc) is 2.84. The maximum absolute atomic E-state index is 11.9. The Hall–Kier alpha value is -1.40. The van der Waals surface area contributed by atoms with Crippen molar-refractivity contribution in [2.24, 2.45) is 0 Å². The molecule has 0 spiro atoms. The summed E-state index contributed by atoms with van der Waals surface area (Å²) in [4.78, 5) is 16.4. The molecular formula is C18H30N3O4P. The predicted octanol–water partition coefficient (Wildman–Crippen LogP) is 2.41. The van der Waals surface area contributed by atoms with Crippen LogP contribution in [0.4, 0.5) is 0 Å². The number of hydrogen-bond acceptors (Lipinski definition) is 5. The molecule has 0 aliphatic carbocycles. The molecule has 1 aromatic carbocycles. The first-order valence-electron chi connectivity index (χ1n) is 8.96. The quantitative estimate of drug-likeness (QED) is 0.358. The minimum atomic E-state index is -3.80. The number of ether oxygens (including phenoxy) is 1. The van der Waals surface area contributed by atoms with Gasteiger partial charge in [-0.3, -0.25) is 0 Å². The van der Waals surface area contributed by atoms with E-state index in [2.05, 4.69) is 16.5 Å². The fraction of sp³-hybridized carbons (Fsp3) is 0.611. The Bertz CT molecular complexity index is 783. The molecule has 1 aromatic heterocycles. The van der Waals surface area contributed by atoms with E-state index in [0.717, 1.165) is 29.2 Å². The summed E-state index contributed by atoms with van der Waals surface area (Å²) in [5, 5.41) is 0. The number of imidazole rings is 1. The molecule has 0 N–H and O–H groups in total. The predicted molar refractivity (Wildman–Crippen MR) is 102 cm³/mol. The van der Waals surface area contributed by atoms with Gasteiger partial charge in [0.15, 0.2) is 0 Å². The van der Waals surface area contributed by atoms with Crippen LogP contribution < -0.4 is 9.63 Å². The number of aryl methyl sites for hydroxylation is 2. The second-order valence-electron chi connectivity index (χ2n) is 7.44. The molecule has 0 radical (unpaired) electrons. The van der Waals surface area contributed by atoms with Crippen molar-refractivity contribution in [3.8, 4) is 5.75 Å². The van der Waals surface area contributed by atoms with Crippen LogP contribution >= 0.6 is 7.60 Å². The van der Waals surface area contributed by atoms with E-state index in [1.54, 1.807) is 0 Å².